The van der Waals surface area contributed by atoms with Crippen LogP contribution in [0.4, 0.5) is 0 Å². The highest BCUT2D eigenvalue weighted by molar-refractivity contribution is 4.91. The molecule has 3 aliphatic rings. The van der Waals surface area contributed by atoms with E-state index in [9.17, 15) is 5.11 Å². The molecule has 3 fully saturated rings. The molecule has 0 radical (unpaired) electrons. The molecule has 3 heterocycles. The van der Waals surface area contributed by atoms with Gasteiger partial charge in [0.2, 0.25) is 5.79 Å². The number of aliphatic hydroxyl groups excluding tert-OH is 14. The Hall–Kier alpha value is -0.720. The minimum atomic E-state index is -2.17. The summed E-state index contributed by atoms with van der Waals surface area (Å²) in [5.74, 6) is -2.17. The van der Waals surface area contributed by atoms with Crippen LogP contribution in [0.3, 0.4) is 0 Å². The minimum Gasteiger partial charge on any atom is -0.394 e. The maximum absolute atomic E-state index is 9.24. The zero-order valence-corrected chi connectivity index (χ0v) is 18.8. The lowest BCUT2D eigenvalue weighted by molar-refractivity contribution is -0.331. The van der Waals surface area contributed by atoms with Crippen molar-refractivity contribution in [1.29, 1.82) is 0 Å². The maximum Gasteiger partial charge on any atom is 0.218 e. The van der Waals surface area contributed by atoms with Crippen LogP contribution in [0.15, 0.2) is 0 Å². The monoisotopic (exact) mass is 540 g/mol. The lowest BCUT2D eigenvalue weighted by Crippen LogP contribution is -2.62. The van der Waals surface area contributed by atoms with Crippen LogP contribution in [0.5, 0.6) is 0 Å². The van der Waals surface area contributed by atoms with Gasteiger partial charge in [-0.05, 0) is 0 Å². The number of ether oxygens (including phenoxy) is 3. The van der Waals surface area contributed by atoms with Crippen LogP contribution in [-0.2, 0) is 14.2 Å². The van der Waals surface area contributed by atoms with Gasteiger partial charge in [0.05, 0.1) is 26.4 Å². The summed E-state index contributed by atoms with van der Waals surface area (Å²) >= 11 is 0. The van der Waals surface area contributed by atoms with E-state index in [0.29, 0.717) is 0 Å². The van der Waals surface area contributed by atoms with Crippen molar-refractivity contribution in [3.8, 4) is 0 Å². The smallest absolute Gasteiger partial charge is 0.218 e. The molecular weight excluding hydrogens is 504 g/mol. The Morgan fingerprint density at radius 3 is 1.28 bits per heavy atom. The first-order chi connectivity index (χ1) is 16.7. The van der Waals surface area contributed by atoms with Crippen molar-refractivity contribution >= 4 is 0 Å². The average Bonchev–Trinajstić information content (AvgIpc) is 2.87. The molecule has 18 heteroatoms. The predicted octanol–water partition coefficient (Wildman–Crippen LogP) is -9.66. The average molecular weight is 540 g/mol. The molecule has 3 rings (SSSR count). The molecule has 0 bridgehead atoms. The summed E-state index contributed by atoms with van der Waals surface area (Å²) in [4.78, 5) is 0. The lowest BCUT2D eigenvalue weighted by atomic mass is 9.98. The maximum atomic E-state index is 9.24. The molecule has 3 aliphatic heterocycles. The zero-order valence-electron chi connectivity index (χ0n) is 18.8. The summed E-state index contributed by atoms with van der Waals surface area (Å²) in [6.07, 6.45) is -18.5. The van der Waals surface area contributed by atoms with E-state index in [0.717, 1.165) is 0 Å². The summed E-state index contributed by atoms with van der Waals surface area (Å²) in [5.41, 5.74) is 0. The van der Waals surface area contributed by atoms with Gasteiger partial charge in [-0.25, -0.2) is 0 Å². The minimum absolute atomic E-state index is 0.324. The second kappa shape index (κ2) is 14.4. The largest absolute Gasteiger partial charge is 0.394 e. The van der Waals surface area contributed by atoms with E-state index in [1.807, 2.05) is 0 Å². The van der Waals surface area contributed by atoms with Crippen molar-refractivity contribution < 1.29 is 90.8 Å². The van der Waals surface area contributed by atoms with E-state index in [-0.39, 0.29) is 6.61 Å². The summed E-state index contributed by atoms with van der Waals surface area (Å²) in [7, 11) is 0. The van der Waals surface area contributed by atoms with Crippen LogP contribution in [0, 0.1) is 0 Å². The second-order valence-electron chi connectivity index (χ2n) is 8.26. The fourth-order valence-electron chi connectivity index (χ4n) is 3.19. The molecule has 0 saturated carbocycles. The SMILES string of the molecule is OC[C@H]1O[C@H](O)[C@@H](O)[C@@H](O)[C@@H]1O.OC[C@H]1O[C@H](O)[C@H](O)[C@@H](O)[C@H]1O.OC[C@]1(O)OC[C@@H](O)[C@@H](O)[C@@H]1O. The molecule has 0 aromatic heterocycles. The Labute approximate surface area is 203 Å². The third-order valence-electron chi connectivity index (χ3n) is 5.64. The molecular formula is C18H36O18. The third kappa shape index (κ3) is 7.89. The number of hydrogen-bond acceptors (Lipinski definition) is 18. The van der Waals surface area contributed by atoms with E-state index in [1.54, 1.807) is 0 Å². The van der Waals surface area contributed by atoms with Gasteiger partial charge in [0.15, 0.2) is 12.6 Å². The van der Waals surface area contributed by atoms with Gasteiger partial charge >= 0.3 is 0 Å². The standard InChI is InChI=1S/3C6H12O6/c7-2-6(11)5(10)4(9)3(8)1-12-6;2*7-1-2-3(8)4(9)5(10)6(11)12-2/h3-5,7-11H,1-2H2;2*2-11H,1H2/t3-,4-,5+,6+;2-,3+,4+,5-,6+;2-,3-,4+,5+,6+/m111/s1. The topological polar surface area (TPSA) is 331 Å². The quantitative estimate of drug-likeness (QED) is 0.158. The highest BCUT2D eigenvalue weighted by Crippen LogP contribution is 2.23. The van der Waals surface area contributed by atoms with Gasteiger partial charge in [0, 0.05) is 0 Å². The number of hydrogen-bond donors (Lipinski definition) is 15. The Bertz CT molecular complexity index is 585. The Kier molecular flexibility index (Phi) is 13.4. The van der Waals surface area contributed by atoms with Gasteiger partial charge in [0.1, 0.15) is 67.1 Å². The fourth-order valence-corrected chi connectivity index (χ4v) is 3.19. The second-order valence-corrected chi connectivity index (χ2v) is 8.26. The molecule has 0 amide bonds. The van der Waals surface area contributed by atoms with Crippen LogP contribution in [0.1, 0.15) is 0 Å². The summed E-state index contributed by atoms with van der Waals surface area (Å²) in [5, 5.41) is 134. The number of aliphatic hydroxyl groups is 15. The Balaban J connectivity index is 0.000000270. The molecule has 216 valence electrons. The summed E-state index contributed by atoms with van der Waals surface area (Å²) in [6.45, 7) is -2.21. The molecule has 15 N–H and O–H groups in total. The van der Waals surface area contributed by atoms with Crippen LogP contribution >= 0.6 is 0 Å². The molecule has 3 saturated heterocycles. The van der Waals surface area contributed by atoms with E-state index >= 15 is 0 Å². The first-order valence-electron chi connectivity index (χ1n) is 10.6. The summed E-state index contributed by atoms with van der Waals surface area (Å²) < 4.78 is 13.7. The first-order valence-corrected chi connectivity index (χ1v) is 10.6. The highest BCUT2D eigenvalue weighted by Gasteiger charge is 2.48. The molecule has 0 aromatic carbocycles. The van der Waals surface area contributed by atoms with Crippen molar-refractivity contribution in [2.45, 2.75) is 85.5 Å². The highest BCUT2D eigenvalue weighted by atomic mass is 16.7. The van der Waals surface area contributed by atoms with Crippen LogP contribution in [-0.4, -0.2) is 189 Å². The molecule has 0 aliphatic carbocycles. The van der Waals surface area contributed by atoms with Crippen LogP contribution in [0.2, 0.25) is 0 Å². The molecule has 0 aromatic rings. The first kappa shape index (κ1) is 33.3. The Morgan fingerprint density at radius 1 is 0.556 bits per heavy atom. The van der Waals surface area contributed by atoms with Crippen molar-refractivity contribution in [3.05, 3.63) is 0 Å². The fraction of sp³-hybridized carbons (Fsp3) is 1.00. The van der Waals surface area contributed by atoms with E-state index in [2.05, 4.69) is 14.2 Å². The van der Waals surface area contributed by atoms with Gasteiger partial charge in [-0.15, -0.1) is 0 Å². The summed E-state index contributed by atoms with van der Waals surface area (Å²) in [6, 6.07) is 0. The van der Waals surface area contributed by atoms with Crippen molar-refractivity contribution in [3.63, 3.8) is 0 Å². The van der Waals surface area contributed by atoms with Gasteiger partial charge in [0.25, 0.3) is 0 Å². The van der Waals surface area contributed by atoms with Gasteiger partial charge in [-0.1, -0.05) is 0 Å². The van der Waals surface area contributed by atoms with E-state index in [1.165, 1.54) is 0 Å². The lowest BCUT2D eigenvalue weighted by Gasteiger charge is -2.40. The third-order valence-corrected chi connectivity index (χ3v) is 5.64. The molecule has 0 unspecified atom stereocenters. The zero-order chi connectivity index (χ0) is 28.0. The van der Waals surface area contributed by atoms with Gasteiger partial charge < -0.3 is 90.8 Å². The van der Waals surface area contributed by atoms with Gasteiger partial charge in [-0.2, -0.15) is 0 Å². The number of rotatable bonds is 3. The van der Waals surface area contributed by atoms with E-state index < -0.39 is 105 Å². The molecule has 36 heavy (non-hydrogen) atoms. The van der Waals surface area contributed by atoms with Gasteiger partial charge in [-0.3, -0.25) is 0 Å². The Morgan fingerprint density at radius 2 is 0.944 bits per heavy atom. The molecule has 0 spiro atoms. The van der Waals surface area contributed by atoms with Crippen LogP contribution < -0.4 is 0 Å². The van der Waals surface area contributed by atoms with E-state index in [4.69, 9.17) is 71.5 Å². The van der Waals surface area contributed by atoms with Crippen molar-refractivity contribution in [1.82, 2.24) is 0 Å². The van der Waals surface area contributed by atoms with Crippen molar-refractivity contribution in [2.24, 2.45) is 0 Å². The molecule has 18 nitrogen and oxygen atoms in total. The molecule has 14 atom stereocenters. The van der Waals surface area contributed by atoms with Crippen molar-refractivity contribution in [2.75, 3.05) is 26.4 Å². The van der Waals surface area contributed by atoms with Crippen LogP contribution in [0.25, 0.3) is 0 Å². The predicted molar refractivity (Wildman–Crippen MR) is 108 cm³/mol. The normalized spacial score (nSPS) is 49.2.